The molecule has 0 unspecified atom stereocenters. The van der Waals surface area contributed by atoms with Gasteiger partial charge in [0.05, 0.1) is 18.4 Å². The van der Waals surface area contributed by atoms with Gasteiger partial charge in [-0.15, -0.1) is 0 Å². The van der Waals surface area contributed by atoms with Gasteiger partial charge in [-0.1, -0.05) is 12.1 Å². The number of hydrogen-bond donors (Lipinski definition) is 1. The fraction of sp³-hybridized carbons (Fsp3) is 0.214. The molecular formula is C14H15NO3. The Bertz CT molecular complexity index is 545. The van der Waals surface area contributed by atoms with E-state index in [-0.39, 0.29) is 5.91 Å². The van der Waals surface area contributed by atoms with Gasteiger partial charge in [-0.25, -0.2) is 0 Å². The zero-order chi connectivity index (χ0) is 13.0. The minimum atomic E-state index is -0.171. The van der Waals surface area contributed by atoms with Gasteiger partial charge in [0.2, 0.25) is 0 Å². The van der Waals surface area contributed by atoms with Gasteiger partial charge in [-0.05, 0) is 30.7 Å². The molecule has 18 heavy (non-hydrogen) atoms. The summed E-state index contributed by atoms with van der Waals surface area (Å²) >= 11 is 0. The van der Waals surface area contributed by atoms with Crippen molar-refractivity contribution in [2.45, 2.75) is 13.5 Å². The normalized spacial score (nSPS) is 10.3. The van der Waals surface area contributed by atoms with Crippen molar-refractivity contribution in [3.8, 4) is 0 Å². The zero-order valence-corrected chi connectivity index (χ0v) is 10.4. The topological polar surface area (TPSA) is 51.5 Å². The van der Waals surface area contributed by atoms with E-state index in [2.05, 4.69) is 5.32 Å². The van der Waals surface area contributed by atoms with Gasteiger partial charge in [0.25, 0.3) is 5.91 Å². The summed E-state index contributed by atoms with van der Waals surface area (Å²) in [4.78, 5) is 12.0. The number of aryl methyl sites for hydroxylation is 1. The van der Waals surface area contributed by atoms with Crippen molar-refractivity contribution in [2.75, 3.05) is 12.4 Å². The number of furan rings is 1. The second-order valence-corrected chi connectivity index (χ2v) is 3.98. The zero-order valence-electron chi connectivity index (χ0n) is 10.4. The minimum absolute atomic E-state index is 0.171. The molecule has 4 nitrogen and oxygen atoms in total. The molecule has 4 heteroatoms. The Morgan fingerprint density at radius 2 is 2.22 bits per heavy atom. The predicted molar refractivity (Wildman–Crippen MR) is 68.6 cm³/mol. The third kappa shape index (κ3) is 2.78. The third-order valence-corrected chi connectivity index (χ3v) is 2.60. The second kappa shape index (κ2) is 5.51. The molecule has 0 aliphatic carbocycles. The molecule has 2 rings (SSSR count). The molecule has 1 aromatic carbocycles. The number of amides is 1. The molecule has 1 amide bonds. The maximum atomic E-state index is 12.0. The lowest BCUT2D eigenvalue weighted by Crippen LogP contribution is -2.12. The predicted octanol–water partition coefficient (Wildman–Crippen LogP) is 2.99. The molecule has 0 saturated carbocycles. The lowest BCUT2D eigenvalue weighted by atomic mass is 10.2. The van der Waals surface area contributed by atoms with Gasteiger partial charge in [0, 0.05) is 12.8 Å². The van der Waals surface area contributed by atoms with Crippen LogP contribution >= 0.6 is 0 Å². The number of carbonyl (C=O) groups excluding carboxylic acids is 1. The molecule has 1 N–H and O–H groups in total. The average molecular weight is 245 g/mol. The van der Waals surface area contributed by atoms with Crippen LogP contribution in [-0.4, -0.2) is 13.0 Å². The van der Waals surface area contributed by atoms with E-state index in [9.17, 15) is 4.79 Å². The highest BCUT2D eigenvalue weighted by Gasteiger charge is 2.11. The van der Waals surface area contributed by atoms with Crippen molar-refractivity contribution in [3.63, 3.8) is 0 Å². The Balaban J connectivity index is 2.12. The van der Waals surface area contributed by atoms with Crippen LogP contribution in [-0.2, 0) is 11.3 Å². The van der Waals surface area contributed by atoms with Crippen molar-refractivity contribution < 1.29 is 13.9 Å². The van der Waals surface area contributed by atoms with Crippen molar-refractivity contribution in [2.24, 2.45) is 0 Å². The van der Waals surface area contributed by atoms with Crippen molar-refractivity contribution in [1.29, 1.82) is 0 Å². The standard InChI is InChI=1S/C14H15NO3/c1-10-13(6-7-18-10)14(16)15-12-5-3-4-11(8-12)9-17-2/h3-8H,9H2,1-2H3,(H,15,16). The highest BCUT2D eigenvalue weighted by Crippen LogP contribution is 2.15. The maximum absolute atomic E-state index is 12.0. The fourth-order valence-corrected chi connectivity index (χ4v) is 1.72. The number of methoxy groups -OCH3 is 1. The van der Waals surface area contributed by atoms with Gasteiger partial charge in [0.1, 0.15) is 5.76 Å². The Labute approximate surface area is 106 Å². The molecule has 0 aliphatic rings. The summed E-state index contributed by atoms with van der Waals surface area (Å²) in [5.41, 5.74) is 2.31. The summed E-state index contributed by atoms with van der Waals surface area (Å²) in [6.07, 6.45) is 1.51. The second-order valence-electron chi connectivity index (χ2n) is 3.98. The van der Waals surface area contributed by atoms with E-state index in [0.29, 0.717) is 17.9 Å². The molecule has 0 spiro atoms. The Hall–Kier alpha value is -2.07. The molecule has 94 valence electrons. The Kier molecular flexibility index (Phi) is 3.79. The highest BCUT2D eigenvalue weighted by molar-refractivity contribution is 6.04. The van der Waals surface area contributed by atoms with E-state index in [1.165, 1.54) is 6.26 Å². The van der Waals surface area contributed by atoms with Crippen LogP contribution < -0.4 is 5.32 Å². The van der Waals surface area contributed by atoms with Crippen molar-refractivity contribution in [1.82, 2.24) is 0 Å². The van der Waals surface area contributed by atoms with Crippen LogP contribution in [0.25, 0.3) is 0 Å². The maximum Gasteiger partial charge on any atom is 0.259 e. The molecule has 0 aliphatic heterocycles. The molecule has 0 fully saturated rings. The number of hydrogen-bond acceptors (Lipinski definition) is 3. The summed E-state index contributed by atoms with van der Waals surface area (Å²) in [6.45, 7) is 2.28. The van der Waals surface area contributed by atoms with Crippen molar-refractivity contribution >= 4 is 11.6 Å². The Morgan fingerprint density at radius 1 is 1.39 bits per heavy atom. The van der Waals surface area contributed by atoms with E-state index in [1.54, 1.807) is 20.1 Å². The minimum Gasteiger partial charge on any atom is -0.469 e. The van der Waals surface area contributed by atoms with Crippen LogP contribution in [0.15, 0.2) is 41.0 Å². The molecule has 2 aromatic rings. The largest absolute Gasteiger partial charge is 0.469 e. The molecule has 0 bridgehead atoms. The van der Waals surface area contributed by atoms with E-state index in [0.717, 1.165) is 11.3 Å². The number of anilines is 1. The van der Waals surface area contributed by atoms with Crippen molar-refractivity contribution in [3.05, 3.63) is 53.5 Å². The van der Waals surface area contributed by atoms with Crippen LogP contribution in [0.3, 0.4) is 0 Å². The summed E-state index contributed by atoms with van der Waals surface area (Å²) in [6, 6.07) is 9.21. The van der Waals surface area contributed by atoms with E-state index < -0.39 is 0 Å². The molecule has 1 aromatic heterocycles. The fourth-order valence-electron chi connectivity index (χ4n) is 1.72. The van der Waals surface area contributed by atoms with Gasteiger partial charge < -0.3 is 14.5 Å². The molecule has 0 radical (unpaired) electrons. The lowest BCUT2D eigenvalue weighted by molar-refractivity contribution is 0.102. The SMILES string of the molecule is COCc1cccc(NC(=O)c2ccoc2C)c1. The monoisotopic (exact) mass is 245 g/mol. The van der Waals surface area contributed by atoms with E-state index in [4.69, 9.17) is 9.15 Å². The summed E-state index contributed by atoms with van der Waals surface area (Å²) in [7, 11) is 1.64. The first-order valence-corrected chi connectivity index (χ1v) is 5.64. The van der Waals surface area contributed by atoms with Crippen LogP contribution in [0, 0.1) is 6.92 Å². The first-order valence-electron chi connectivity index (χ1n) is 5.64. The highest BCUT2D eigenvalue weighted by atomic mass is 16.5. The molecule has 0 saturated heterocycles. The van der Waals surface area contributed by atoms with Crippen LogP contribution in [0.4, 0.5) is 5.69 Å². The van der Waals surface area contributed by atoms with Gasteiger partial charge in [-0.2, -0.15) is 0 Å². The van der Waals surface area contributed by atoms with E-state index >= 15 is 0 Å². The van der Waals surface area contributed by atoms with Crippen LogP contribution in [0.2, 0.25) is 0 Å². The number of ether oxygens (including phenoxy) is 1. The molecule has 1 heterocycles. The smallest absolute Gasteiger partial charge is 0.259 e. The first kappa shape index (κ1) is 12.4. The van der Waals surface area contributed by atoms with Gasteiger partial charge in [0.15, 0.2) is 0 Å². The summed E-state index contributed by atoms with van der Waals surface area (Å²) in [5, 5.41) is 2.83. The quantitative estimate of drug-likeness (QED) is 0.900. The molecular weight excluding hydrogens is 230 g/mol. The van der Waals surface area contributed by atoms with Crippen LogP contribution in [0.5, 0.6) is 0 Å². The number of rotatable bonds is 4. The van der Waals surface area contributed by atoms with Gasteiger partial charge >= 0.3 is 0 Å². The van der Waals surface area contributed by atoms with E-state index in [1.807, 2.05) is 24.3 Å². The number of benzene rings is 1. The van der Waals surface area contributed by atoms with Gasteiger partial charge in [-0.3, -0.25) is 4.79 Å². The number of nitrogens with one attached hydrogen (secondary N) is 1. The number of carbonyl (C=O) groups is 1. The summed E-state index contributed by atoms with van der Waals surface area (Å²) < 4.78 is 10.2. The Morgan fingerprint density at radius 3 is 2.89 bits per heavy atom. The molecule has 0 atom stereocenters. The summed E-state index contributed by atoms with van der Waals surface area (Å²) in [5.74, 6) is 0.441. The third-order valence-electron chi connectivity index (χ3n) is 2.60. The van der Waals surface area contributed by atoms with Crippen LogP contribution in [0.1, 0.15) is 21.7 Å². The first-order chi connectivity index (χ1) is 8.70. The average Bonchev–Trinajstić information content (AvgIpc) is 2.76. The lowest BCUT2D eigenvalue weighted by Gasteiger charge is -2.06.